The zero-order valence-electron chi connectivity index (χ0n) is 21.8. The van der Waals surface area contributed by atoms with Crippen LogP contribution in [0.15, 0.2) is 39.2 Å². The van der Waals surface area contributed by atoms with Crippen LogP contribution >= 0.6 is 11.3 Å². The third kappa shape index (κ3) is 10.9. The molecule has 3 amide bonds. The molecule has 200 valence electrons. The third-order valence-corrected chi connectivity index (χ3v) is 6.67. The highest BCUT2D eigenvalue weighted by Crippen LogP contribution is 2.23. The van der Waals surface area contributed by atoms with E-state index in [2.05, 4.69) is 34.2 Å². The second kappa shape index (κ2) is 16.9. The lowest BCUT2D eigenvalue weighted by Gasteiger charge is -2.28. The van der Waals surface area contributed by atoms with Gasteiger partial charge in [0, 0.05) is 50.0 Å². The van der Waals surface area contributed by atoms with Gasteiger partial charge >= 0.3 is 6.03 Å². The third-order valence-electron chi connectivity index (χ3n) is 5.91. The molecule has 0 bridgehead atoms. The van der Waals surface area contributed by atoms with Gasteiger partial charge in [-0.1, -0.05) is 37.8 Å². The second-order valence-corrected chi connectivity index (χ2v) is 9.68. The molecular formula is C26H42N6O3S. The highest BCUT2D eigenvalue weighted by atomic mass is 32.1. The Balaban J connectivity index is 1.97. The molecule has 1 aliphatic rings. The number of morpholine rings is 1. The molecule has 2 heterocycles. The molecule has 1 fully saturated rings. The number of carbonyl (C=O) groups is 2. The van der Waals surface area contributed by atoms with Gasteiger partial charge in [0.1, 0.15) is 5.70 Å². The van der Waals surface area contributed by atoms with Gasteiger partial charge in [0.05, 0.1) is 24.6 Å². The van der Waals surface area contributed by atoms with E-state index in [4.69, 9.17) is 10.5 Å². The number of hydrogen-bond donors (Lipinski definition) is 3. The zero-order valence-corrected chi connectivity index (χ0v) is 22.6. The summed E-state index contributed by atoms with van der Waals surface area (Å²) >= 11 is 1.41. The van der Waals surface area contributed by atoms with Gasteiger partial charge in [-0.05, 0) is 32.6 Å². The average Bonchev–Trinajstić information content (AvgIpc) is 3.28. The van der Waals surface area contributed by atoms with Crippen LogP contribution in [-0.2, 0) is 9.53 Å². The zero-order chi connectivity index (χ0) is 26.2. The molecule has 0 radical (unpaired) electrons. The number of ether oxygens (including phenoxy) is 1. The summed E-state index contributed by atoms with van der Waals surface area (Å²) in [6, 6.07) is -0.0575. The van der Waals surface area contributed by atoms with Gasteiger partial charge in [-0.2, -0.15) is 0 Å². The lowest BCUT2D eigenvalue weighted by atomic mass is 10.2. The van der Waals surface area contributed by atoms with Crippen molar-refractivity contribution in [2.75, 3.05) is 63.5 Å². The molecule has 1 aliphatic heterocycles. The first kappa shape index (κ1) is 29.5. The van der Waals surface area contributed by atoms with E-state index in [-0.39, 0.29) is 17.6 Å². The van der Waals surface area contributed by atoms with Crippen molar-refractivity contribution in [2.24, 2.45) is 4.99 Å². The maximum Gasteiger partial charge on any atom is 0.317 e. The number of unbranched alkanes of at least 4 members (excludes halogenated alkanes) is 3. The number of nitrogens with one attached hydrogen (secondary N) is 2. The molecule has 4 N–H and O–H groups in total. The number of hydrogen-bond acceptors (Lipinski definition) is 7. The Labute approximate surface area is 219 Å². The maximum absolute atomic E-state index is 12.9. The summed E-state index contributed by atoms with van der Waals surface area (Å²) in [5.74, 6) is -0.383. The SMILES string of the molecule is C=N/C(=C\C=C(/C)CN(CCCN1CCOCC1)C(=O)NCCCCCC)C(=O)Nc1cscc1N. The first-order valence-electron chi connectivity index (χ1n) is 12.7. The van der Waals surface area contributed by atoms with Crippen LogP contribution in [-0.4, -0.2) is 80.9 Å². The molecule has 0 atom stereocenters. The van der Waals surface area contributed by atoms with Crippen LogP contribution in [0.5, 0.6) is 0 Å². The number of aliphatic imine (C=N–C) groups is 1. The minimum absolute atomic E-state index is 0.0575. The number of anilines is 2. The minimum Gasteiger partial charge on any atom is -0.396 e. The smallest absolute Gasteiger partial charge is 0.317 e. The monoisotopic (exact) mass is 518 g/mol. The number of urea groups is 1. The van der Waals surface area contributed by atoms with Crippen molar-refractivity contribution >= 4 is 41.4 Å². The molecular weight excluding hydrogens is 476 g/mol. The Hall–Kier alpha value is -2.69. The van der Waals surface area contributed by atoms with E-state index < -0.39 is 0 Å². The number of nitrogens with two attached hydrogens (primary N) is 1. The number of rotatable bonds is 15. The predicted molar refractivity (Wildman–Crippen MR) is 150 cm³/mol. The Bertz CT molecular complexity index is 892. The van der Waals surface area contributed by atoms with Gasteiger partial charge < -0.3 is 26.0 Å². The summed E-state index contributed by atoms with van der Waals surface area (Å²) in [4.78, 5) is 33.6. The van der Waals surface area contributed by atoms with Crippen LogP contribution in [0.2, 0.25) is 0 Å². The minimum atomic E-state index is -0.383. The summed E-state index contributed by atoms with van der Waals surface area (Å²) in [6.45, 7) is 13.8. The summed E-state index contributed by atoms with van der Waals surface area (Å²) in [5.41, 5.74) is 8.03. The van der Waals surface area contributed by atoms with E-state index in [0.29, 0.717) is 31.0 Å². The second-order valence-electron chi connectivity index (χ2n) is 8.94. The summed E-state index contributed by atoms with van der Waals surface area (Å²) < 4.78 is 5.42. The maximum atomic E-state index is 12.9. The molecule has 0 aliphatic carbocycles. The van der Waals surface area contributed by atoms with Crippen molar-refractivity contribution in [3.8, 4) is 0 Å². The van der Waals surface area contributed by atoms with Gasteiger partial charge in [-0.25, -0.2) is 4.79 Å². The van der Waals surface area contributed by atoms with Crippen LogP contribution in [0.1, 0.15) is 46.0 Å². The van der Waals surface area contributed by atoms with Crippen molar-refractivity contribution < 1.29 is 14.3 Å². The van der Waals surface area contributed by atoms with Crippen molar-refractivity contribution in [3.05, 3.63) is 34.2 Å². The summed E-state index contributed by atoms with van der Waals surface area (Å²) in [6.07, 6.45) is 8.76. The topological polar surface area (TPSA) is 112 Å². The molecule has 1 aromatic rings. The molecule has 0 spiro atoms. The van der Waals surface area contributed by atoms with E-state index in [9.17, 15) is 9.59 Å². The van der Waals surface area contributed by atoms with Gasteiger partial charge in [-0.3, -0.25) is 14.7 Å². The molecule has 10 heteroatoms. The average molecular weight is 519 g/mol. The summed E-state index contributed by atoms with van der Waals surface area (Å²) in [5, 5.41) is 9.34. The van der Waals surface area contributed by atoms with Crippen LogP contribution < -0.4 is 16.4 Å². The van der Waals surface area contributed by atoms with Crippen molar-refractivity contribution in [2.45, 2.75) is 46.0 Å². The number of nitrogens with zero attached hydrogens (tertiary/aromatic N) is 3. The lowest BCUT2D eigenvalue weighted by Crippen LogP contribution is -2.43. The van der Waals surface area contributed by atoms with E-state index >= 15 is 0 Å². The number of nitrogen functional groups attached to an aromatic ring is 1. The standard InChI is InChI=1S/C26H42N6O3S/c1-4-5-6-7-11-29-26(34)32(13-8-12-31-14-16-35-17-15-31)18-21(2)9-10-23(28-3)25(33)30-24-20-36-19-22(24)27/h9-10,19-20H,3-8,11-18,27H2,1-2H3,(H,29,34)(H,30,33)/b21-9+,23-10-. The van der Waals surface area contributed by atoms with Crippen LogP contribution in [0, 0.1) is 0 Å². The van der Waals surface area contributed by atoms with E-state index in [1.165, 1.54) is 24.2 Å². The Morgan fingerprint density at radius 2 is 2.00 bits per heavy atom. The molecule has 0 aromatic carbocycles. The Morgan fingerprint density at radius 3 is 2.67 bits per heavy atom. The van der Waals surface area contributed by atoms with E-state index in [0.717, 1.165) is 57.7 Å². The molecule has 0 unspecified atom stereocenters. The largest absolute Gasteiger partial charge is 0.396 e. The number of amides is 3. The lowest BCUT2D eigenvalue weighted by molar-refractivity contribution is -0.112. The van der Waals surface area contributed by atoms with Gasteiger partial charge in [0.15, 0.2) is 0 Å². The van der Waals surface area contributed by atoms with Crippen molar-refractivity contribution in [1.29, 1.82) is 0 Å². The first-order chi connectivity index (χ1) is 17.4. The van der Waals surface area contributed by atoms with Crippen LogP contribution in [0.3, 0.4) is 0 Å². The van der Waals surface area contributed by atoms with Crippen LogP contribution in [0.4, 0.5) is 16.2 Å². The van der Waals surface area contributed by atoms with Gasteiger partial charge in [-0.15, -0.1) is 11.3 Å². The van der Waals surface area contributed by atoms with Gasteiger partial charge in [0.2, 0.25) is 0 Å². The fourth-order valence-electron chi connectivity index (χ4n) is 3.79. The number of carbonyl (C=O) groups excluding carboxylic acids is 2. The van der Waals surface area contributed by atoms with Crippen molar-refractivity contribution in [1.82, 2.24) is 15.1 Å². The molecule has 36 heavy (non-hydrogen) atoms. The summed E-state index contributed by atoms with van der Waals surface area (Å²) in [7, 11) is 0. The molecule has 2 rings (SSSR count). The normalized spacial score (nSPS) is 14.9. The van der Waals surface area contributed by atoms with Crippen LogP contribution in [0.25, 0.3) is 0 Å². The Morgan fingerprint density at radius 1 is 1.22 bits per heavy atom. The molecule has 1 saturated heterocycles. The first-order valence-corrected chi connectivity index (χ1v) is 13.7. The Kier molecular flexibility index (Phi) is 13.9. The molecule has 9 nitrogen and oxygen atoms in total. The highest BCUT2D eigenvalue weighted by molar-refractivity contribution is 7.09. The predicted octanol–water partition coefficient (Wildman–Crippen LogP) is 4.11. The fraction of sp³-hybridized carbons (Fsp3) is 0.577. The number of allylic oxidation sites excluding steroid dienone is 2. The van der Waals surface area contributed by atoms with Gasteiger partial charge in [0.25, 0.3) is 5.91 Å². The van der Waals surface area contributed by atoms with E-state index in [1.54, 1.807) is 16.8 Å². The quantitative estimate of drug-likeness (QED) is 0.140. The van der Waals surface area contributed by atoms with E-state index in [1.807, 2.05) is 17.9 Å². The molecule has 0 saturated carbocycles. The highest BCUT2D eigenvalue weighted by Gasteiger charge is 2.16. The molecule has 1 aromatic heterocycles. The van der Waals surface area contributed by atoms with Crippen molar-refractivity contribution in [3.63, 3.8) is 0 Å². The fourth-order valence-corrected chi connectivity index (χ4v) is 4.46. The number of thiophene rings is 1.